The fourth-order valence-electron chi connectivity index (χ4n) is 3.16. The number of hydrogen-bond acceptors (Lipinski definition) is 7. The van der Waals surface area contributed by atoms with Crippen molar-refractivity contribution in [3.63, 3.8) is 0 Å². The molecule has 0 bridgehead atoms. The predicted octanol–water partition coefficient (Wildman–Crippen LogP) is 2.33. The summed E-state index contributed by atoms with van der Waals surface area (Å²) in [5.41, 5.74) is -0.349. The van der Waals surface area contributed by atoms with E-state index < -0.39 is 11.9 Å². The number of methoxy groups -OCH3 is 1. The van der Waals surface area contributed by atoms with Crippen molar-refractivity contribution in [2.45, 2.75) is 24.9 Å². The Morgan fingerprint density at radius 3 is 2.41 bits per heavy atom. The van der Waals surface area contributed by atoms with E-state index in [0.717, 1.165) is 24.7 Å². The van der Waals surface area contributed by atoms with Gasteiger partial charge < -0.3 is 9.64 Å². The van der Waals surface area contributed by atoms with Crippen molar-refractivity contribution in [2.24, 2.45) is 0 Å². The molecule has 3 aromatic rings. The van der Waals surface area contributed by atoms with Crippen molar-refractivity contribution < 1.29 is 17.9 Å². The summed E-state index contributed by atoms with van der Waals surface area (Å²) in [5.74, 6) is 1.80. The fourth-order valence-corrected chi connectivity index (χ4v) is 3.16. The second-order valence-corrected chi connectivity index (χ2v) is 6.24. The number of alkyl halides is 3. The standard InChI is InChI=1S/C16H16F3N7O/c1-27-14-5-4-13-22-23-15(26(13)24-14)10-6-8-25(9-7-10)12-3-2-11(20-21-12)16(17,18)19/h2-5,10H,6-9H2,1H3. The molecule has 0 spiro atoms. The molecule has 1 aliphatic rings. The Labute approximate surface area is 152 Å². The van der Waals surface area contributed by atoms with Crippen LogP contribution in [0, 0.1) is 0 Å². The number of fused-ring (bicyclic) bond motifs is 1. The Morgan fingerprint density at radius 1 is 1.00 bits per heavy atom. The topological polar surface area (TPSA) is 81.3 Å². The van der Waals surface area contributed by atoms with Crippen molar-refractivity contribution in [2.75, 3.05) is 25.1 Å². The molecular weight excluding hydrogens is 363 g/mol. The van der Waals surface area contributed by atoms with E-state index in [4.69, 9.17) is 4.74 Å². The molecule has 0 atom stereocenters. The van der Waals surface area contributed by atoms with Gasteiger partial charge in [-0.15, -0.1) is 25.5 Å². The van der Waals surface area contributed by atoms with Gasteiger partial charge in [0.1, 0.15) is 0 Å². The van der Waals surface area contributed by atoms with Gasteiger partial charge in [0.2, 0.25) is 5.88 Å². The number of rotatable bonds is 3. The second-order valence-electron chi connectivity index (χ2n) is 6.24. The zero-order valence-corrected chi connectivity index (χ0v) is 14.4. The first-order valence-corrected chi connectivity index (χ1v) is 8.38. The summed E-state index contributed by atoms with van der Waals surface area (Å²) >= 11 is 0. The van der Waals surface area contributed by atoms with Crippen molar-refractivity contribution in [3.05, 3.63) is 35.8 Å². The Kier molecular flexibility index (Phi) is 4.28. The lowest BCUT2D eigenvalue weighted by Crippen LogP contribution is -2.34. The van der Waals surface area contributed by atoms with Crippen LogP contribution < -0.4 is 9.64 Å². The molecule has 27 heavy (non-hydrogen) atoms. The second kappa shape index (κ2) is 6.63. The lowest BCUT2D eigenvalue weighted by Gasteiger charge is -2.31. The highest BCUT2D eigenvalue weighted by molar-refractivity contribution is 5.40. The number of ether oxygens (including phenoxy) is 1. The summed E-state index contributed by atoms with van der Waals surface area (Å²) < 4.78 is 44.6. The quantitative estimate of drug-likeness (QED) is 0.691. The summed E-state index contributed by atoms with van der Waals surface area (Å²) in [6.45, 7) is 1.26. The van der Waals surface area contributed by atoms with Gasteiger partial charge in [0.15, 0.2) is 23.0 Å². The molecule has 0 saturated carbocycles. The maximum absolute atomic E-state index is 12.6. The van der Waals surface area contributed by atoms with Gasteiger partial charge in [-0.2, -0.15) is 17.7 Å². The molecule has 1 fully saturated rings. The van der Waals surface area contributed by atoms with E-state index >= 15 is 0 Å². The summed E-state index contributed by atoms with van der Waals surface area (Å²) in [6, 6.07) is 5.82. The van der Waals surface area contributed by atoms with Crippen molar-refractivity contribution in [3.8, 4) is 5.88 Å². The number of nitrogens with zero attached hydrogens (tertiary/aromatic N) is 7. The molecule has 4 rings (SSSR count). The minimum absolute atomic E-state index is 0.137. The van der Waals surface area contributed by atoms with Crippen LogP contribution >= 0.6 is 0 Å². The Balaban J connectivity index is 1.48. The fraction of sp³-hybridized carbons (Fsp3) is 0.438. The molecule has 0 radical (unpaired) electrons. The van der Waals surface area contributed by atoms with Crippen LogP contribution in [0.3, 0.4) is 0 Å². The molecule has 11 heteroatoms. The minimum atomic E-state index is -4.48. The molecule has 142 valence electrons. The third-order valence-electron chi connectivity index (χ3n) is 4.60. The Bertz CT molecular complexity index is 933. The average Bonchev–Trinajstić information content (AvgIpc) is 3.10. The predicted molar refractivity (Wildman–Crippen MR) is 88.6 cm³/mol. The summed E-state index contributed by atoms with van der Waals surface area (Å²) in [6.07, 6.45) is -2.98. The molecule has 0 N–H and O–H groups in total. The van der Waals surface area contributed by atoms with Gasteiger partial charge in [-0.25, -0.2) is 0 Å². The molecule has 0 aliphatic carbocycles. The van der Waals surface area contributed by atoms with Crippen molar-refractivity contribution >= 4 is 11.5 Å². The number of aromatic nitrogens is 6. The first-order valence-electron chi connectivity index (χ1n) is 8.38. The van der Waals surface area contributed by atoms with E-state index in [0.29, 0.717) is 30.4 Å². The highest BCUT2D eigenvalue weighted by atomic mass is 19.4. The van der Waals surface area contributed by atoms with Gasteiger partial charge in [0.25, 0.3) is 0 Å². The number of anilines is 1. The van der Waals surface area contributed by atoms with E-state index in [1.54, 1.807) is 23.8 Å². The summed E-state index contributed by atoms with van der Waals surface area (Å²) in [4.78, 5) is 1.92. The van der Waals surface area contributed by atoms with Crippen LogP contribution in [0.15, 0.2) is 24.3 Å². The highest BCUT2D eigenvalue weighted by Gasteiger charge is 2.33. The largest absolute Gasteiger partial charge is 0.480 e. The normalized spacial score (nSPS) is 16.1. The third kappa shape index (κ3) is 3.36. The SMILES string of the molecule is COc1ccc2nnc(C3CCN(c4ccc(C(F)(F)F)nn4)CC3)n2n1. The Morgan fingerprint density at radius 2 is 1.78 bits per heavy atom. The number of hydrogen-bond donors (Lipinski definition) is 0. The lowest BCUT2D eigenvalue weighted by molar-refractivity contribution is -0.141. The van der Waals surface area contributed by atoms with Gasteiger partial charge in [0, 0.05) is 25.1 Å². The number of piperidine rings is 1. The minimum Gasteiger partial charge on any atom is -0.480 e. The lowest BCUT2D eigenvalue weighted by atomic mass is 9.96. The van der Waals surface area contributed by atoms with Crippen LogP contribution in [-0.4, -0.2) is 50.2 Å². The van der Waals surface area contributed by atoms with E-state index in [9.17, 15) is 13.2 Å². The van der Waals surface area contributed by atoms with Gasteiger partial charge in [-0.1, -0.05) is 0 Å². The van der Waals surface area contributed by atoms with E-state index in [1.165, 1.54) is 6.07 Å². The molecule has 1 saturated heterocycles. The van der Waals surface area contributed by atoms with Crippen LogP contribution in [0.4, 0.5) is 19.0 Å². The van der Waals surface area contributed by atoms with Gasteiger partial charge in [-0.3, -0.25) is 0 Å². The molecule has 1 aliphatic heterocycles. The summed E-state index contributed by atoms with van der Waals surface area (Å²) in [7, 11) is 1.54. The van der Waals surface area contributed by atoms with Crippen molar-refractivity contribution in [1.29, 1.82) is 0 Å². The Hall–Kier alpha value is -2.98. The molecule has 3 aromatic heterocycles. The van der Waals surface area contributed by atoms with E-state index in [1.807, 2.05) is 4.90 Å². The van der Waals surface area contributed by atoms with Gasteiger partial charge >= 0.3 is 6.18 Å². The maximum atomic E-state index is 12.6. The first kappa shape index (κ1) is 17.4. The first-order chi connectivity index (χ1) is 13.0. The smallest absolute Gasteiger partial charge is 0.435 e. The third-order valence-corrected chi connectivity index (χ3v) is 4.60. The summed E-state index contributed by atoms with van der Waals surface area (Å²) in [5, 5.41) is 19.8. The maximum Gasteiger partial charge on any atom is 0.435 e. The van der Waals surface area contributed by atoms with Crippen LogP contribution in [0.1, 0.15) is 30.3 Å². The van der Waals surface area contributed by atoms with Gasteiger partial charge in [-0.05, 0) is 31.0 Å². The van der Waals surface area contributed by atoms with Crippen LogP contribution in [0.25, 0.3) is 5.65 Å². The molecule has 0 unspecified atom stereocenters. The molecular formula is C16H16F3N7O. The van der Waals surface area contributed by atoms with Crippen molar-refractivity contribution in [1.82, 2.24) is 30.0 Å². The van der Waals surface area contributed by atoms with E-state index in [-0.39, 0.29) is 5.92 Å². The molecule has 0 amide bonds. The molecule has 0 aromatic carbocycles. The zero-order chi connectivity index (χ0) is 19.0. The van der Waals surface area contributed by atoms with Crippen LogP contribution in [0.5, 0.6) is 5.88 Å². The average molecular weight is 379 g/mol. The van der Waals surface area contributed by atoms with E-state index in [2.05, 4.69) is 25.5 Å². The van der Waals surface area contributed by atoms with Crippen LogP contribution in [0.2, 0.25) is 0 Å². The molecule has 4 heterocycles. The van der Waals surface area contributed by atoms with Gasteiger partial charge in [0.05, 0.1) is 7.11 Å². The molecule has 8 nitrogen and oxygen atoms in total. The monoisotopic (exact) mass is 379 g/mol. The number of halogens is 3. The highest BCUT2D eigenvalue weighted by Crippen LogP contribution is 2.31. The van der Waals surface area contributed by atoms with Crippen LogP contribution in [-0.2, 0) is 6.18 Å². The zero-order valence-electron chi connectivity index (χ0n) is 14.4.